The molecule has 0 aliphatic carbocycles. The second-order valence-electron chi connectivity index (χ2n) is 6.66. The Morgan fingerprint density at radius 1 is 0.759 bits per heavy atom. The van der Waals surface area contributed by atoms with Crippen molar-refractivity contribution in [3.63, 3.8) is 0 Å². The number of carbonyl (C=O) groups excluding carboxylic acids is 3. The number of ether oxygens (including phenoxy) is 6. The Hall–Kier alpha value is -2.49. The highest BCUT2D eigenvalue weighted by molar-refractivity contribution is 5.88. The van der Waals surface area contributed by atoms with Crippen LogP contribution in [0.5, 0.6) is 0 Å². The van der Waals surface area contributed by atoms with Gasteiger partial charge in [-0.3, -0.25) is 0 Å². The van der Waals surface area contributed by atoms with Gasteiger partial charge in [-0.1, -0.05) is 19.7 Å². The third-order valence-electron chi connectivity index (χ3n) is 4.01. The number of carbonyl (C=O) groups is 3. The summed E-state index contributed by atoms with van der Waals surface area (Å²) in [7, 11) is 2.68. The van der Waals surface area contributed by atoms with E-state index in [0.717, 1.165) is 0 Å². The van der Waals surface area contributed by atoms with E-state index in [0.29, 0.717) is 0 Å². The van der Waals surface area contributed by atoms with E-state index in [2.05, 4.69) is 19.7 Å². The van der Waals surface area contributed by atoms with Crippen LogP contribution in [0.1, 0.15) is 20.8 Å². The van der Waals surface area contributed by atoms with Gasteiger partial charge in [0.05, 0.1) is 0 Å². The van der Waals surface area contributed by atoms with Crippen molar-refractivity contribution < 1.29 is 42.8 Å². The molecule has 0 spiro atoms. The third kappa shape index (κ3) is 6.52. The molecule has 0 radical (unpaired) electrons. The van der Waals surface area contributed by atoms with Crippen molar-refractivity contribution >= 4 is 17.9 Å². The SMILES string of the molecule is C=C(C)C(=O)OCC1O[C@@H](OC)[C@H](OC(=O)C(=C)C)[C@H](OC(=O)C(=C)C)[C@@H]1OC. The normalized spacial score (nSPS) is 26.2. The van der Waals surface area contributed by atoms with E-state index in [1.165, 1.54) is 35.0 Å². The van der Waals surface area contributed by atoms with Crippen molar-refractivity contribution in [1.82, 2.24) is 0 Å². The zero-order valence-corrected chi connectivity index (χ0v) is 17.4. The average Bonchev–Trinajstić information content (AvgIpc) is 2.66. The lowest BCUT2D eigenvalue weighted by Crippen LogP contribution is -2.62. The molecule has 1 heterocycles. The summed E-state index contributed by atoms with van der Waals surface area (Å²) in [4.78, 5) is 36.0. The maximum absolute atomic E-state index is 12.2. The lowest BCUT2D eigenvalue weighted by atomic mass is 9.98. The first-order chi connectivity index (χ1) is 13.5. The molecule has 9 nitrogen and oxygen atoms in total. The van der Waals surface area contributed by atoms with E-state index in [1.807, 2.05) is 0 Å². The number of hydrogen-bond donors (Lipinski definition) is 0. The fourth-order valence-electron chi connectivity index (χ4n) is 2.48. The Morgan fingerprint density at radius 2 is 1.24 bits per heavy atom. The van der Waals surface area contributed by atoms with E-state index in [4.69, 9.17) is 28.4 Å². The molecule has 162 valence electrons. The van der Waals surface area contributed by atoms with Gasteiger partial charge in [-0.2, -0.15) is 0 Å². The fourth-order valence-corrected chi connectivity index (χ4v) is 2.48. The molecule has 0 aromatic heterocycles. The van der Waals surface area contributed by atoms with E-state index < -0.39 is 48.6 Å². The Kier molecular flexibility index (Phi) is 9.22. The molecule has 0 N–H and O–H groups in total. The van der Waals surface area contributed by atoms with Crippen LogP contribution in [0, 0.1) is 0 Å². The molecule has 0 aromatic rings. The van der Waals surface area contributed by atoms with Crippen molar-refractivity contribution in [2.45, 2.75) is 51.5 Å². The summed E-state index contributed by atoms with van der Waals surface area (Å²) in [5.41, 5.74) is 0.475. The Balaban J connectivity index is 3.20. The Bertz CT molecular complexity index is 681. The number of rotatable bonds is 9. The molecule has 1 fully saturated rings. The Labute approximate surface area is 170 Å². The highest BCUT2D eigenvalue weighted by Gasteiger charge is 2.51. The second-order valence-corrected chi connectivity index (χ2v) is 6.66. The van der Waals surface area contributed by atoms with E-state index in [-0.39, 0.29) is 23.3 Å². The minimum absolute atomic E-state index is 0.135. The monoisotopic (exact) mass is 412 g/mol. The molecule has 1 rings (SSSR count). The van der Waals surface area contributed by atoms with E-state index in [1.54, 1.807) is 0 Å². The number of hydrogen-bond acceptors (Lipinski definition) is 9. The number of methoxy groups -OCH3 is 2. The van der Waals surface area contributed by atoms with Crippen LogP contribution in [0.3, 0.4) is 0 Å². The summed E-state index contributed by atoms with van der Waals surface area (Å²) in [6, 6.07) is 0. The topological polar surface area (TPSA) is 107 Å². The van der Waals surface area contributed by atoms with Gasteiger partial charge in [0, 0.05) is 30.9 Å². The van der Waals surface area contributed by atoms with Crippen LogP contribution < -0.4 is 0 Å². The summed E-state index contributed by atoms with van der Waals surface area (Å²) in [5, 5.41) is 0. The van der Waals surface area contributed by atoms with Crippen LogP contribution in [-0.4, -0.2) is 69.4 Å². The van der Waals surface area contributed by atoms with E-state index in [9.17, 15) is 14.4 Å². The predicted molar refractivity (Wildman–Crippen MR) is 102 cm³/mol. The minimum atomic E-state index is -1.16. The fraction of sp³-hybridized carbons (Fsp3) is 0.550. The first kappa shape index (κ1) is 24.5. The standard InChI is InChI=1S/C20H28O9/c1-10(2)17(21)26-9-13-14(24-7)15(28-18(22)11(3)4)16(20(25-8)27-13)29-19(23)12(5)6/h13-16,20H,1,3,5,9H2,2,4,6-8H3/t13?,14-,15-,16-,20-/m1/s1. The molecule has 0 saturated carbocycles. The number of esters is 3. The molecule has 5 atom stereocenters. The van der Waals surface area contributed by atoms with Crippen LogP contribution >= 0.6 is 0 Å². The summed E-state index contributed by atoms with van der Waals surface area (Å²) in [6.45, 7) is 14.8. The molecule has 1 aliphatic rings. The minimum Gasteiger partial charge on any atom is -0.459 e. The highest BCUT2D eigenvalue weighted by Crippen LogP contribution is 2.29. The molecule has 9 heteroatoms. The van der Waals surface area contributed by atoms with Crippen LogP contribution in [-0.2, 0) is 42.8 Å². The van der Waals surface area contributed by atoms with Crippen molar-refractivity contribution in [2.75, 3.05) is 20.8 Å². The first-order valence-electron chi connectivity index (χ1n) is 8.80. The lowest BCUT2D eigenvalue weighted by molar-refractivity contribution is -0.303. The molecule has 1 unspecified atom stereocenters. The largest absolute Gasteiger partial charge is 0.459 e. The van der Waals surface area contributed by atoms with Gasteiger partial charge >= 0.3 is 17.9 Å². The van der Waals surface area contributed by atoms with E-state index >= 15 is 0 Å². The van der Waals surface area contributed by atoms with Crippen molar-refractivity contribution in [2.24, 2.45) is 0 Å². The van der Waals surface area contributed by atoms with Gasteiger partial charge in [0.15, 0.2) is 18.5 Å². The quantitative estimate of drug-likeness (QED) is 0.316. The van der Waals surface area contributed by atoms with Gasteiger partial charge < -0.3 is 28.4 Å². The summed E-state index contributed by atoms with van der Waals surface area (Å²) in [6.07, 6.45) is -5.23. The zero-order valence-electron chi connectivity index (χ0n) is 17.4. The molecule has 0 aromatic carbocycles. The second kappa shape index (κ2) is 10.9. The molecule has 29 heavy (non-hydrogen) atoms. The van der Waals surface area contributed by atoms with Crippen molar-refractivity contribution in [3.05, 3.63) is 36.5 Å². The van der Waals surface area contributed by atoms with Gasteiger partial charge in [-0.25, -0.2) is 14.4 Å². The van der Waals surface area contributed by atoms with Gasteiger partial charge in [-0.05, 0) is 20.8 Å². The van der Waals surface area contributed by atoms with Crippen LogP contribution in [0.2, 0.25) is 0 Å². The highest BCUT2D eigenvalue weighted by atomic mass is 16.7. The first-order valence-corrected chi connectivity index (χ1v) is 8.80. The molecular weight excluding hydrogens is 384 g/mol. The van der Waals surface area contributed by atoms with Crippen LogP contribution in [0.15, 0.2) is 36.5 Å². The molecule has 0 bridgehead atoms. The maximum atomic E-state index is 12.2. The van der Waals surface area contributed by atoms with Gasteiger partial charge in [0.2, 0.25) is 0 Å². The molecule has 1 aliphatic heterocycles. The summed E-state index contributed by atoms with van der Waals surface area (Å²) in [5.74, 6) is -2.06. The lowest BCUT2D eigenvalue weighted by Gasteiger charge is -2.44. The zero-order chi connectivity index (χ0) is 22.3. The third-order valence-corrected chi connectivity index (χ3v) is 4.01. The van der Waals surface area contributed by atoms with Crippen molar-refractivity contribution in [1.29, 1.82) is 0 Å². The smallest absolute Gasteiger partial charge is 0.333 e. The summed E-state index contributed by atoms with van der Waals surface area (Å²) < 4.78 is 32.5. The average molecular weight is 412 g/mol. The van der Waals surface area contributed by atoms with Gasteiger partial charge in [0.25, 0.3) is 0 Å². The maximum Gasteiger partial charge on any atom is 0.333 e. The van der Waals surface area contributed by atoms with Gasteiger partial charge in [0.1, 0.15) is 18.8 Å². The molecular formula is C20H28O9. The van der Waals surface area contributed by atoms with Crippen LogP contribution in [0.4, 0.5) is 0 Å². The van der Waals surface area contributed by atoms with Crippen molar-refractivity contribution in [3.8, 4) is 0 Å². The molecule has 0 amide bonds. The Morgan fingerprint density at radius 3 is 1.66 bits per heavy atom. The summed E-state index contributed by atoms with van der Waals surface area (Å²) >= 11 is 0. The predicted octanol–water partition coefficient (Wildman–Crippen LogP) is 1.47. The van der Waals surface area contributed by atoms with Crippen LogP contribution in [0.25, 0.3) is 0 Å². The van der Waals surface area contributed by atoms with Gasteiger partial charge in [-0.15, -0.1) is 0 Å². The molecule has 1 saturated heterocycles.